The molecule has 4 fully saturated rings. The van der Waals surface area contributed by atoms with Crippen LogP contribution >= 0.6 is 0 Å². The summed E-state index contributed by atoms with van der Waals surface area (Å²) in [5, 5.41) is 7.49. The van der Waals surface area contributed by atoms with E-state index in [-0.39, 0.29) is 5.41 Å². The Balaban J connectivity index is 1.36. The van der Waals surface area contributed by atoms with Crippen LogP contribution in [0.1, 0.15) is 52.9 Å². The number of likely N-dealkylation sites (tertiary alicyclic amines) is 1. The first-order valence-electron chi connectivity index (χ1n) is 10.0. The number of aliphatic imine (C=N–C) groups is 1. The number of guanidine groups is 1. The van der Waals surface area contributed by atoms with Gasteiger partial charge in [0.1, 0.15) is 0 Å². The van der Waals surface area contributed by atoms with Crippen LogP contribution in [-0.2, 0) is 4.74 Å². The number of rotatable bonds is 4. The molecule has 4 unspecified atom stereocenters. The largest absolute Gasteiger partial charge is 0.377 e. The molecule has 0 aromatic carbocycles. The number of ether oxygens (including phenoxy) is 1. The van der Waals surface area contributed by atoms with Crippen LogP contribution in [0.3, 0.4) is 0 Å². The van der Waals surface area contributed by atoms with E-state index in [2.05, 4.69) is 36.3 Å². The third-order valence-corrected chi connectivity index (χ3v) is 6.56. The monoisotopic (exact) mass is 334 g/mol. The van der Waals surface area contributed by atoms with E-state index in [0.29, 0.717) is 24.1 Å². The number of nitrogens with one attached hydrogen (secondary N) is 2. The van der Waals surface area contributed by atoms with Crippen molar-refractivity contribution < 1.29 is 4.74 Å². The molecule has 4 aliphatic rings. The lowest BCUT2D eigenvalue weighted by Gasteiger charge is -2.60. The third-order valence-electron chi connectivity index (χ3n) is 6.56. The average molecular weight is 335 g/mol. The molecular formula is C19H34N4O. The fraction of sp³-hybridized carbons (Fsp3) is 0.947. The highest BCUT2D eigenvalue weighted by Crippen LogP contribution is 2.51. The van der Waals surface area contributed by atoms with Crippen molar-refractivity contribution in [3.05, 3.63) is 0 Å². The SMILES string of the molecule is CCN=C(NC1CCN(C2CC2)C1)NC1C2CCCOC2C1(C)C. The summed E-state index contributed by atoms with van der Waals surface area (Å²) in [6.45, 7) is 11.0. The van der Waals surface area contributed by atoms with Gasteiger partial charge in [-0.3, -0.25) is 9.89 Å². The molecule has 4 atom stereocenters. The molecule has 4 rings (SSSR count). The fourth-order valence-corrected chi connectivity index (χ4v) is 5.12. The van der Waals surface area contributed by atoms with Crippen LogP contribution in [0.5, 0.6) is 0 Å². The smallest absolute Gasteiger partial charge is 0.191 e. The Morgan fingerprint density at radius 3 is 2.79 bits per heavy atom. The van der Waals surface area contributed by atoms with Crippen molar-refractivity contribution in [3.63, 3.8) is 0 Å². The van der Waals surface area contributed by atoms with E-state index in [4.69, 9.17) is 9.73 Å². The molecule has 2 aliphatic heterocycles. The molecule has 5 heteroatoms. The highest BCUT2D eigenvalue weighted by atomic mass is 16.5. The summed E-state index contributed by atoms with van der Waals surface area (Å²) in [7, 11) is 0. The van der Waals surface area contributed by atoms with Gasteiger partial charge in [-0.25, -0.2) is 0 Å². The minimum absolute atomic E-state index is 0.191. The van der Waals surface area contributed by atoms with Gasteiger partial charge in [0.2, 0.25) is 0 Å². The van der Waals surface area contributed by atoms with E-state index in [1.54, 1.807) is 0 Å². The van der Waals surface area contributed by atoms with Crippen molar-refractivity contribution in [2.75, 3.05) is 26.2 Å². The van der Waals surface area contributed by atoms with Crippen molar-refractivity contribution in [2.45, 2.75) is 77.1 Å². The predicted molar refractivity (Wildman–Crippen MR) is 97.3 cm³/mol. The van der Waals surface area contributed by atoms with Gasteiger partial charge in [0.15, 0.2) is 5.96 Å². The summed E-state index contributed by atoms with van der Waals surface area (Å²) in [5.41, 5.74) is 0.191. The molecule has 0 spiro atoms. The van der Waals surface area contributed by atoms with Crippen LogP contribution < -0.4 is 10.6 Å². The molecule has 2 saturated carbocycles. The number of nitrogens with zero attached hydrogens (tertiary/aromatic N) is 2. The van der Waals surface area contributed by atoms with E-state index in [0.717, 1.165) is 25.2 Å². The fourth-order valence-electron chi connectivity index (χ4n) is 5.12. The molecule has 2 saturated heterocycles. The number of hydrogen-bond donors (Lipinski definition) is 2. The Kier molecular flexibility index (Phi) is 4.50. The summed E-state index contributed by atoms with van der Waals surface area (Å²) >= 11 is 0. The molecule has 5 nitrogen and oxygen atoms in total. The molecule has 0 aromatic rings. The van der Waals surface area contributed by atoms with Gasteiger partial charge >= 0.3 is 0 Å². The Labute approximate surface area is 146 Å². The normalized spacial score (nSPS) is 39.2. The zero-order chi connectivity index (χ0) is 16.7. The van der Waals surface area contributed by atoms with Crippen molar-refractivity contribution in [3.8, 4) is 0 Å². The van der Waals surface area contributed by atoms with Crippen LogP contribution in [0.15, 0.2) is 4.99 Å². The Hall–Kier alpha value is -0.810. The lowest BCUT2D eigenvalue weighted by atomic mass is 9.55. The van der Waals surface area contributed by atoms with E-state index in [1.807, 2.05) is 0 Å². The first-order valence-corrected chi connectivity index (χ1v) is 10.0. The van der Waals surface area contributed by atoms with Crippen molar-refractivity contribution in [1.82, 2.24) is 15.5 Å². The Bertz CT molecular complexity index is 488. The van der Waals surface area contributed by atoms with Gasteiger partial charge in [0.25, 0.3) is 0 Å². The lowest BCUT2D eigenvalue weighted by Crippen LogP contribution is -2.71. The van der Waals surface area contributed by atoms with Crippen molar-refractivity contribution in [1.29, 1.82) is 0 Å². The van der Waals surface area contributed by atoms with Gasteiger partial charge in [-0.1, -0.05) is 13.8 Å². The lowest BCUT2D eigenvalue weighted by molar-refractivity contribution is -0.188. The molecule has 24 heavy (non-hydrogen) atoms. The molecule has 2 aliphatic carbocycles. The minimum Gasteiger partial charge on any atom is -0.377 e. The Morgan fingerprint density at radius 2 is 2.04 bits per heavy atom. The highest BCUT2D eigenvalue weighted by molar-refractivity contribution is 5.80. The van der Waals surface area contributed by atoms with Gasteiger partial charge in [0.05, 0.1) is 6.10 Å². The van der Waals surface area contributed by atoms with Gasteiger partial charge in [-0.15, -0.1) is 0 Å². The maximum absolute atomic E-state index is 6.04. The summed E-state index contributed by atoms with van der Waals surface area (Å²) in [5.74, 6) is 1.66. The molecule has 0 bridgehead atoms. The van der Waals surface area contributed by atoms with Gasteiger partial charge < -0.3 is 15.4 Å². The summed E-state index contributed by atoms with van der Waals surface area (Å²) in [4.78, 5) is 7.39. The second-order valence-electron chi connectivity index (χ2n) is 8.72. The average Bonchev–Trinajstić information content (AvgIpc) is 3.32. The maximum Gasteiger partial charge on any atom is 0.191 e. The number of hydrogen-bond acceptors (Lipinski definition) is 3. The summed E-state index contributed by atoms with van der Waals surface area (Å²) in [6.07, 6.45) is 6.94. The molecule has 0 amide bonds. The maximum atomic E-state index is 6.04. The summed E-state index contributed by atoms with van der Waals surface area (Å²) < 4.78 is 6.04. The predicted octanol–water partition coefficient (Wildman–Crippen LogP) is 1.98. The van der Waals surface area contributed by atoms with Gasteiger partial charge in [0, 0.05) is 55.7 Å². The first-order chi connectivity index (χ1) is 11.6. The molecule has 2 N–H and O–H groups in total. The van der Waals surface area contributed by atoms with Crippen LogP contribution in [0.2, 0.25) is 0 Å². The second kappa shape index (κ2) is 6.49. The molecule has 0 radical (unpaired) electrons. The van der Waals surface area contributed by atoms with Crippen LogP contribution in [0.25, 0.3) is 0 Å². The minimum atomic E-state index is 0.191. The van der Waals surface area contributed by atoms with E-state index >= 15 is 0 Å². The second-order valence-corrected chi connectivity index (χ2v) is 8.72. The van der Waals surface area contributed by atoms with Gasteiger partial charge in [-0.05, 0) is 39.0 Å². The topological polar surface area (TPSA) is 48.9 Å². The Morgan fingerprint density at radius 1 is 1.21 bits per heavy atom. The molecule has 0 aromatic heterocycles. The van der Waals surface area contributed by atoms with E-state index < -0.39 is 0 Å². The zero-order valence-electron chi connectivity index (χ0n) is 15.6. The van der Waals surface area contributed by atoms with E-state index in [9.17, 15) is 0 Å². The van der Waals surface area contributed by atoms with Gasteiger partial charge in [-0.2, -0.15) is 0 Å². The quantitative estimate of drug-likeness (QED) is 0.610. The molecular weight excluding hydrogens is 300 g/mol. The van der Waals surface area contributed by atoms with Crippen LogP contribution in [0.4, 0.5) is 0 Å². The standard InChI is InChI=1S/C19H34N4O/c1-4-20-18(21-13-9-10-23(12-13)14-7-8-14)22-16-15-6-5-11-24-17(15)19(16,2)3/h13-17H,4-12H2,1-3H3,(H2,20,21,22). The highest BCUT2D eigenvalue weighted by Gasteiger charge is 2.58. The van der Waals surface area contributed by atoms with E-state index in [1.165, 1.54) is 45.2 Å². The zero-order valence-corrected chi connectivity index (χ0v) is 15.6. The third kappa shape index (κ3) is 3.05. The molecule has 136 valence electrons. The number of fused-ring (bicyclic) bond motifs is 1. The summed E-state index contributed by atoms with van der Waals surface area (Å²) in [6, 6.07) is 1.90. The van der Waals surface area contributed by atoms with Crippen LogP contribution in [-0.4, -0.2) is 61.3 Å². The first kappa shape index (κ1) is 16.6. The van der Waals surface area contributed by atoms with Crippen LogP contribution in [0, 0.1) is 11.3 Å². The molecule has 2 heterocycles. The van der Waals surface area contributed by atoms with Crippen molar-refractivity contribution >= 4 is 5.96 Å². The van der Waals surface area contributed by atoms with Crippen molar-refractivity contribution in [2.24, 2.45) is 16.3 Å².